The molecule has 0 saturated carbocycles. The van der Waals surface area contributed by atoms with E-state index in [1.165, 1.54) is 6.07 Å². The molecule has 0 aromatic heterocycles. The molecule has 0 aliphatic carbocycles. The number of hydrogen-bond donors (Lipinski definition) is 1. The molecule has 0 radical (unpaired) electrons. The second-order valence-corrected chi connectivity index (χ2v) is 5.54. The smallest absolute Gasteiger partial charge is 0.128 e. The molecule has 1 nitrogen and oxygen atoms in total. The summed E-state index contributed by atoms with van der Waals surface area (Å²) in [5.74, 6) is 6.13. The maximum Gasteiger partial charge on any atom is 0.128 e. The molecule has 0 fully saturated rings. The summed E-state index contributed by atoms with van der Waals surface area (Å²) in [6.07, 6.45) is 1.52. The van der Waals surface area contributed by atoms with Crippen LogP contribution in [0.25, 0.3) is 0 Å². The van der Waals surface area contributed by atoms with Gasteiger partial charge in [0.1, 0.15) is 5.82 Å². The fourth-order valence-electron chi connectivity index (χ4n) is 1.31. The lowest BCUT2D eigenvalue weighted by molar-refractivity contribution is 0.305. The molecule has 3 heteroatoms. The number of hydrogen-bond acceptors (Lipinski definition) is 2. The van der Waals surface area contributed by atoms with E-state index in [2.05, 4.69) is 25.7 Å². The minimum Gasteiger partial charge on any atom is -0.395 e. The lowest BCUT2D eigenvalue weighted by atomic mass is 10.1. The Kier molecular flexibility index (Phi) is 6.85. The van der Waals surface area contributed by atoms with Crippen molar-refractivity contribution in [3.8, 4) is 11.8 Å². The van der Waals surface area contributed by atoms with Crippen LogP contribution < -0.4 is 0 Å². The molecule has 0 bridgehead atoms. The molecule has 0 amide bonds. The molecule has 0 saturated heterocycles. The molecule has 1 atom stereocenters. The summed E-state index contributed by atoms with van der Waals surface area (Å²) in [5, 5.41) is 9.16. The van der Waals surface area contributed by atoms with Crippen LogP contribution in [-0.2, 0) is 5.75 Å². The monoisotopic (exact) mass is 266 g/mol. The van der Waals surface area contributed by atoms with Gasteiger partial charge in [-0.15, -0.1) is 0 Å². The molecule has 0 aliphatic heterocycles. The van der Waals surface area contributed by atoms with Gasteiger partial charge in [-0.1, -0.05) is 31.8 Å². The van der Waals surface area contributed by atoms with Crippen LogP contribution in [0.4, 0.5) is 4.39 Å². The normalized spacial score (nSPS) is 11.8. The van der Waals surface area contributed by atoms with Gasteiger partial charge in [0.15, 0.2) is 0 Å². The predicted molar refractivity (Wildman–Crippen MR) is 76.0 cm³/mol. The quantitative estimate of drug-likeness (QED) is 0.822. The Labute approximate surface area is 113 Å². The van der Waals surface area contributed by atoms with Crippen LogP contribution in [-0.4, -0.2) is 17.0 Å². The van der Waals surface area contributed by atoms with Crippen LogP contribution in [0.2, 0.25) is 0 Å². The molecule has 1 aromatic rings. The number of aliphatic hydroxyl groups is 1. The average molecular weight is 266 g/mol. The lowest BCUT2D eigenvalue weighted by Gasteiger charge is -2.08. The Balaban J connectivity index is 2.65. The van der Waals surface area contributed by atoms with E-state index in [1.54, 1.807) is 17.8 Å². The highest BCUT2D eigenvalue weighted by Gasteiger charge is 2.05. The summed E-state index contributed by atoms with van der Waals surface area (Å²) in [5.41, 5.74) is 1.39. The first kappa shape index (κ1) is 15.1. The van der Waals surface area contributed by atoms with Gasteiger partial charge in [-0.25, -0.2) is 4.39 Å². The van der Waals surface area contributed by atoms with Crippen LogP contribution in [0.3, 0.4) is 0 Å². The van der Waals surface area contributed by atoms with Gasteiger partial charge < -0.3 is 5.11 Å². The van der Waals surface area contributed by atoms with Crippen molar-refractivity contribution in [3.05, 3.63) is 35.1 Å². The maximum absolute atomic E-state index is 13.8. The van der Waals surface area contributed by atoms with E-state index in [0.717, 1.165) is 12.0 Å². The number of aliphatic hydroxyl groups excluding tert-OH is 1. The van der Waals surface area contributed by atoms with Crippen molar-refractivity contribution in [1.29, 1.82) is 0 Å². The zero-order valence-corrected chi connectivity index (χ0v) is 11.7. The number of rotatable bonds is 5. The second kappa shape index (κ2) is 8.18. The van der Waals surface area contributed by atoms with Crippen molar-refractivity contribution in [3.63, 3.8) is 0 Å². The van der Waals surface area contributed by atoms with Crippen LogP contribution in [0.5, 0.6) is 0 Å². The van der Waals surface area contributed by atoms with Gasteiger partial charge in [0.05, 0.1) is 6.61 Å². The molecule has 98 valence electrons. The molecule has 1 N–H and O–H groups in total. The van der Waals surface area contributed by atoms with Gasteiger partial charge in [-0.3, -0.25) is 0 Å². The fraction of sp³-hybridized carbons (Fsp3) is 0.467. The second-order valence-electron chi connectivity index (χ2n) is 4.11. The summed E-state index contributed by atoms with van der Waals surface area (Å²) >= 11 is 1.76. The topological polar surface area (TPSA) is 20.2 Å². The van der Waals surface area contributed by atoms with Crippen LogP contribution in [0.15, 0.2) is 18.2 Å². The van der Waals surface area contributed by atoms with Gasteiger partial charge in [-0.05, 0) is 24.1 Å². The Bertz CT molecular complexity index is 434. The Morgan fingerprint density at radius 3 is 2.83 bits per heavy atom. The zero-order valence-electron chi connectivity index (χ0n) is 10.9. The minimum absolute atomic E-state index is 0.0408. The molecule has 1 unspecified atom stereocenters. The Hall–Kier alpha value is -0.980. The molecule has 1 rings (SSSR count). The molecule has 0 heterocycles. The summed E-state index contributed by atoms with van der Waals surface area (Å²) in [6, 6.07) is 5.10. The summed E-state index contributed by atoms with van der Waals surface area (Å²) in [4.78, 5) is 0. The minimum atomic E-state index is -0.193. The summed E-state index contributed by atoms with van der Waals surface area (Å²) in [6.45, 7) is 4.32. The lowest BCUT2D eigenvalue weighted by Crippen LogP contribution is -1.96. The van der Waals surface area contributed by atoms with Gasteiger partial charge in [0.25, 0.3) is 0 Å². The van der Waals surface area contributed by atoms with Gasteiger partial charge in [0.2, 0.25) is 0 Å². The van der Waals surface area contributed by atoms with Crippen molar-refractivity contribution in [2.45, 2.75) is 37.7 Å². The fourth-order valence-corrected chi connectivity index (χ4v) is 2.25. The SMILES string of the molecule is CCC(C)SCc1ccc(C#CCCO)cc1F. The van der Waals surface area contributed by atoms with Gasteiger partial charge in [-0.2, -0.15) is 11.8 Å². The zero-order chi connectivity index (χ0) is 13.4. The highest BCUT2D eigenvalue weighted by atomic mass is 32.2. The largest absolute Gasteiger partial charge is 0.395 e. The van der Waals surface area contributed by atoms with Crippen LogP contribution in [0, 0.1) is 17.7 Å². The van der Waals surface area contributed by atoms with E-state index < -0.39 is 0 Å². The molecule has 1 aromatic carbocycles. The van der Waals surface area contributed by atoms with Crippen LogP contribution >= 0.6 is 11.8 Å². The number of halogens is 1. The third-order valence-electron chi connectivity index (χ3n) is 2.62. The van der Waals surface area contributed by atoms with Crippen molar-refractivity contribution in [2.24, 2.45) is 0 Å². The number of benzene rings is 1. The van der Waals surface area contributed by atoms with Crippen LogP contribution in [0.1, 0.15) is 37.8 Å². The first-order valence-corrected chi connectivity index (χ1v) is 7.22. The molecule has 0 spiro atoms. The van der Waals surface area contributed by atoms with Crippen molar-refractivity contribution >= 4 is 11.8 Å². The van der Waals surface area contributed by atoms with Crippen molar-refractivity contribution in [1.82, 2.24) is 0 Å². The average Bonchev–Trinajstić information content (AvgIpc) is 2.37. The third-order valence-corrected chi connectivity index (χ3v) is 4.00. The van der Waals surface area contributed by atoms with E-state index >= 15 is 0 Å². The maximum atomic E-state index is 13.8. The highest BCUT2D eigenvalue weighted by molar-refractivity contribution is 7.99. The molecular weight excluding hydrogens is 247 g/mol. The van der Waals surface area contributed by atoms with E-state index in [4.69, 9.17) is 5.11 Å². The van der Waals surface area contributed by atoms with Gasteiger partial charge in [0, 0.05) is 23.0 Å². The van der Waals surface area contributed by atoms with Crippen molar-refractivity contribution in [2.75, 3.05) is 6.61 Å². The predicted octanol–water partition coefficient (Wildman–Crippen LogP) is 3.59. The summed E-state index contributed by atoms with van der Waals surface area (Å²) in [7, 11) is 0. The van der Waals surface area contributed by atoms with E-state index in [0.29, 0.717) is 23.0 Å². The van der Waals surface area contributed by atoms with Gasteiger partial charge >= 0.3 is 0 Å². The highest BCUT2D eigenvalue weighted by Crippen LogP contribution is 2.22. The molecule has 0 aliphatic rings. The third kappa shape index (κ3) is 5.12. The standard InChI is InChI=1S/C15H19FOS/c1-3-12(2)18-11-14-8-7-13(10-15(14)16)6-4-5-9-17/h7-8,10,12,17H,3,5,9,11H2,1-2H3. The number of thioether (sulfide) groups is 1. The van der Waals surface area contributed by atoms with Crippen molar-refractivity contribution < 1.29 is 9.50 Å². The van der Waals surface area contributed by atoms with E-state index in [-0.39, 0.29) is 12.4 Å². The molecule has 18 heavy (non-hydrogen) atoms. The molecular formula is C15H19FOS. The first-order valence-electron chi connectivity index (χ1n) is 6.17. The Morgan fingerprint density at radius 2 is 2.22 bits per heavy atom. The first-order chi connectivity index (χ1) is 8.67. The van der Waals surface area contributed by atoms with E-state index in [1.807, 2.05) is 6.07 Å². The van der Waals surface area contributed by atoms with E-state index in [9.17, 15) is 4.39 Å². The summed E-state index contributed by atoms with van der Waals surface area (Å²) < 4.78 is 13.8. The Morgan fingerprint density at radius 1 is 1.44 bits per heavy atom.